The average molecular weight is 223 g/mol. The van der Waals surface area contributed by atoms with Crippen LogP contribution in [0.5, 0.6) is 5.75 Å². The van der Waals surface area contributed by atoms with Gasteiger partial charge in [0, 0.05) is 12.2 Å². The minimum Gasteiger partial charge on any atom is -0.497 e. The largest absolute Gasteiger partial charge is 0.497 e. The molecule has 0 aliphatic heterocycles. The van der Waals surface area contributed by atoms with Crippen molar-refractivity contribution in [2.75, 3.05) is 25.6 Å². The molecule has 1 N–H and O–H groups in total. The monoisotopic (exact) mass is 223 g/mol. The van der Waals surface area contributed by atoms with Gasteiger partial charge < -0.3 is 14.8 Å². The van der Waals surface area contributed by atoms with E-state index in [0.717, 1.165) is 18.0 Å². The summed E-state index contributed by atoms with van der Waals surface area (Å²) in [7, 11) is 1.67. The van der Waals surface area contributed by atoms with E-state index >= 15 is 0 Å². The Morgan fingerprint density at radius 2 is 1.75 bits per heavy atom. The molecule has 0 aliphatic carbocycles. The van der Waals surface area contributed by atoms with E-state index in [-0.39, 0.29) is 5.60 Å². The zero-order valence-corrected chi connectivity index (χ0v) is 10.5. The summed E-state index contributed by atoms with van der Waals surface area (Å²) in [6.07, 6.45) is 0. The molecular weight excluding hydrogens is 202 g/mol. The fourth-order valence-corrected chi connectivity index (χ4v) is 1.26. The fraction of sp³-hybridized carbons (Fsp3) is 0.538. The fourth-order valence-electron chi connectivity index (χ4n) is 1.26. The van der Waals surface area contributed by atoms with Gasteiger partial charge in [0.15, 0.2) is 0 Å². The van der Waals surface area contributed by atoms with Crippen molar-refractivity contribution < 1.29 is 9.47 Å². The second kappa shape index (κ2) is 5.75. The van der Waals surface area contributed by atoms with Crippen molar-refractivity contribution in [2.45, 2.75) is 26.4 Å². The molecule has 3 heteroatoms. The van der Waals surface area contributed by atoms with E-state index in [1.807, 2.05) is 24.3 Å². The normalized spacial score (nSPS) is 11.2. The van der Waals surface area contributed by atoms with Gasteiger partial charge in [0.25, 0.3) is 0 Å². The lowest BCUT2D eigenvalue weighted by Gasteiger charge is -2.19. The Morgan fingerprint density at radius 1 is 1.12 bits per heavy atom. The van der Waals surface area contributed by atoms with Crippen LogP contribution in [0.15, 0.2) is 24.3 Å². The second-order valence-electron chi connectivity index (χ2n) is 4.62. The lowest BCUT2D eigenvalue weighted by atomic mass is 10.2. The van der Waals surface area contributed by atoms with Crippen LogP contribution < -0.4 is 10.1 Å². The smallest absolute Gasteiger partial charge is 0.119 e. The lowest BCUT2D eigenvalue weighted by Crippen LogP contribution is -2.23. The van der Waals surface area contributed by atoms with Crippen LogP contribution in [-0.2, 0) is 4.74 Å². The zero-order valence-electron chi connectivity index (χ0n) is 10.5. The number of benzene rings is 1. The van der Waals surface area contributed by atoms with Gasteiger partial charge in [-0.3, -0.25) is 0 Å². The molecule has 0 heterocycles. The molecule has 0 aliphatic rings. The molecule has 1 rings (SSSR count). The van der Waals surface area contributed by atoms with Crippen molar-refractivity contribution >= 4 is 5.69 Å². The molecule has 0 atom stereocenters. The van der Waals surface area contributed by atoms with E-state index in [2.05, 4.69) is 26.1 Å². The van der Waals surface area contributed by atoms with Crippen molar-refractivity contribution in [1.29, 1.82) is 0 Å². The molecule has 1 aromatic rings. The van der Waals surface area contributed by atoms with Crippen molar-refractivity contribution in [2.24, 2.45) is 0 Å². The molecule has 0 saturated carbocycles. The minimum absolute atomic E-state index is 0.0679. The number of nitrogens with one attached hydrogen (secondary N) is 1. The highest BCUT2D eigenvalue weighted by Crippen LogP contribution is 2.14. The van der Waals surface area contributed by atoms with E-state index in [4.69, 9.17) is 9.47 Å². The van der Waals surface area contributed by atoms with Gasteiger partial charge in [-0.1, -0.05) is 0 Å². The first kappa shape index (κ1) is 12.8. The number of methoxy groups -OCH3 is 1. The Bertz CT molecular complexity index is 301. The molecule has 90 valence electrons. The summed E-state index contributed by atoms with van der Waals surface area (Å²) in [5, 5.41) is 3.29. The molecule has 0 spiro atoms. The molecule has 0 bridgehead atoms. The topological polar surface area (TPSA) is 30.5 Å². The third-order valence-electron chi connectivity index (χ3n) is 2.06. The van der Waals surface area contributed by atoms with E-state index in [1.54, 1.807) is 7.11 Å². The van der Waals surface area contributed by atoms with Crippen molar-refractivity contribution in [3.63, 3.8) is 0 Å². The van der Waals surface area contributed by atoms with Gasteiger partial charge in [0.1, 0.15) is 5.75 Å². The summed E-state index contributed by atoms with van der Waals surface area (Å²) in [5.41, 5.74) is 1.01. The summed E-state index contributed by atoms with van der Waals surface area (Å²) in [6.45, 7) is 7.68. The molecule has 16 heavy (non-hydrogen) atoms. The van der Waals surface area contributed by atoms with Crippen LogP contribution in [0.3, 0.4) is 0 Å². The summed E-state index contributed by atoms with van der Waals surface area (Å²) in [4.78, 5) is 0. The van der Waals surface area contributed by atoms with Crippen LogP contribution >= 0.6 is 0 Å². The van der Waals surface area contributed by atoms with Crippen LogP contribution in [0.25, 0.3) is 0 Å². The maximum absolute atomic E-state index is 5.61. The SMILES string of the molecule is COc1ccc(NCCOC(C)(C)C)cc1. The first-order valence-electron chi connectivity index (χ1n) is 5.53. The third kappa shape index (κ3) is 5.03. The summed E-state index contributed by atoms with van der Waals surface area (Å²) < 4.78 is 10.7. The molecule has 0 saturated heterocycles. The molecule has 0 amide bonds. The highest BCUT2D eigenvalue weighted by molar-refractivity contribution is 5.46. The van der Waals surface area contributed by atoms with Crippen molar-refractivity contribution in [1.82, 2.24) is 0 Å². The zero-order chi connectivity index (χ0) is 12.0. The maximum Gasteiger partial charge on any atom is 0.119 e. The molecule has 0 radical (unpaired) electrons. The van der Waals surface area contributed by atoms with E-state index < -0.39 is 0 Å². The van der Waals surface area contributed by atoms with Crippen LogP contribution in [-0.4, -0.2) is 25.9 Å². The van der Waals surface area contributed by atoms with Gasteiger partial charge >= 0.3 is 0 Å². The maximum atomic E-state index is 5.61. The number of hydrogen-bond acceptors (Lipinski definition) is 3. The van der Waals surface area contributed by atoms with E-state index in [1.165, 1.54) is 0 Å². The van der Waals surface area contributed by atoms with E-state index in [0.29, 0.717) is 6.61 Å². The van der Waals surface area contributed by atoms with Gasteiger partial charge in [-0.15, -0.1) is 0 Å². The molecule has 1 aromatic carbocycles. The van der Waals surface area contributed by atoms with Crippen molar-refractivity contribution in [3.8, 4) is 5.75 Å². The third-order valence-corrected chi connectivity index (χ3v) is 2.06. The van der Waals surface area contributed by atoms with Crippen molar-refractivity contribution in [3.05, 3.63) is 24.3 Å². The quantitative estimate of drug-likeness (QED) is 0.778. The minimum atomic E-state index is -0.0679. The van der Waals surface area contributed by atoms with Gasteiger partial charge in [-0.25, -0.2) is 0 Å². The van der Waals surface area contributed by atoms with Gasteiger partial charge in [0.2, 0.25) is 0 Å². The average Bonchev–Trinajstić information content (AvgIpc) is 2.24. The predicted molar refractivity (Wildman–Crippen MR) is 67.2 cm³/mol. The number of anilines is 1. The van der Waals surface area contributed by atoms with Crippen LogP contribution in [0, 0.1) is 0 Å². The standard InChI is InChI=1S/C13H21NO2/c1-13(2,3)16-10-9-14-11-5-7-12(15-4)8-6-11/h5-8,14H,9-10H2,1-4H3. The number of ether oxygens (including phenoxy) is 2. The number of rotatable bonds is 5. The first-order chi connectivity index (χ1) is 7.51. The lowest BCUT2D eigenvalue weighted by molar-refractivity contribution is 0.00333. The molecule has 0 aromatic heterocycles. The molecule has 0 fully saturated rings. The Morgan fingerprint density at radius 3 is 2.25 bits per heavy atom. The second-order valence-corrected chi connectivity index (χ2v) is 4.62. The van der Waals surface area contributed by atoms with Crippen LogP contribution in [0.4, 0.5) is 5.69 Å². The molecule has 3 nitrogen and oxygen atoms in total. The molecular formula is C13H21NO2. The summed E-state index contributed by atoms with van der Waals surface area (Å²) in [5.74, 6) is 0.872. The molecule has 0 unspecified atom stereocenters. The highest BCUT2D eigenvalue weighted by Gasteiger charge is 2.08. The first-order valence-corrected chi connectivity index (χ1v) is 5.53. The van der Waals surface area contributed by atoms with E-state index in [9.17, 15) is 0 Å². The Balaban J connectivity index is 2.27. The highest BCUT2D eigenvalue weighted by atomic mass is 16.5. The Labute approximate surface area is 97.8 Å². The number of hydrogen-bond donors (Lipinski definition) is 1. The van der Waals surface area contributed by atoms with Gasteiger partial charge in [-0.2, -0.15) is 0 Å². The Kier molecular flexibility index (Phi) is 4.62. The van der Waals surface area contributed by atoms with Gasteiger partial charge in [-0.05, 0) is 45.0 Å². The van der Waals surface area contributed by atoms with Crippen LogP contribution in [0.1, 0.15) is 20.8 Å². The summed E-state index contributed by atoms with van der Waals surface area (Å²) in [6, 6.07) is 7.87. The predicted octanol–water partition coefficient (Wildman–Crippen LogP) is 2.92. The van der Waals surface area contributed by atoms with Crippen LogP contribution in [0.2, 0.25) is 0 Å². The Hall–Kier alpha value is -1.22. The van der Waals surface area contributed by atoms with Gasteiger partial charge in [0.05, 0.1) is 19.3 Å². The summed E-state index contributed by atoms with van der Waals surface area (Å²) >= 11 is 0.